The number of carbonyl (C=O) groups excluding carboxylic acids is 2. The molecule has 5 heteroatoms. The van der Waals surface area contributed by atoms with Crippen molar-refractivity contribution >= 4 is 11.9 Å². The van der Waals surface area contributed by atoms with Crippen LogP contribution in [-0.4, -0.2) is 49.6 Å². The molecule has 0 saturated carbocycles. The lowest BCUT2D eigenvalue weighted by Gasteiger charge is -2.20. The van der Waals surface area contributed by atoms with Crippen molar-refractivity contribution in [3.8, 4) is 0 Å². The van der Waals surface area contributed by atoms with Crippen LogP contribution in [-0.2, 0) is 14.3 Å². The molecule has 94 valence electrons. The van der Waals surface area contributed by atoms with Gasteiger partial charge in [0.15, 0.2) is 0 Å². The van der Waals surface area contributed by atoms with Gasteiger partial charge < -0.3 is 10.1 Å². The van der Waals surface area contributed by atoms with Crippen molar-refractivity contribution in [3.05, 3.63) is 0 Å². The summed E-state index contributed by atoms with van der Waals surface area (Å²) < 4.78 is 4.88. The topological polar surface area (TPSA) is 58.6 Å². The number of amides is 1. The van der Waals surface area contributed by atoms with E-state index in [9.17, 15) is 9.59 Å². The van der Waals surface area contributed by atoms with Crippen molar-refractivity contribution in [1.29, 1.82) is 0 Å². The smallest absolute Gasteiger partial charge is 0.320 e. The minimum atomic E-state index is -0.209. The molecular weight excluding hydrogens is 208 g/mol. The molecule has 1 N–H and O–H groups in total. The predicted octanol–water partition coefficient (Wildman–Crippen LogP) is 0.398. The summed E-state index contributed by atoms with van der Waals surface area (Å²) in [4.78, 5) is 23.9. The van der Waals surface area contributed by atoms with Crippen LogP contribution in [0.4, 0.5) is 0 Å². The summed E-state index contributed by atoms with van der Waals surface area (Å²) in [6.07, 6.45) is 0.972. The van der Waals surface area contributed by atoms with Gasteiger partial charge in [-0.05, 0) is 19.9 Å². The van der Waals surface area contributed by atoms with E-state index >= 15 is 0 Å². The molecule has 5 nitrogen and oxygen atoms in total. The molecule has 0 saturated heterocycles. The van der Waals surface area contributed by atoms with E-state index in [1.165, 1.54) is 6.92 Å². The third-order valence-corrected chi connectivity index (χ3v) is 2.00. The first kappa shape index (κ1) is 14.9. The summed E-state index contributed by atoms with van der Waals surface area (Å²) in [5.41, 5.74) is 0. The lowest BCUT2D eigenvalue weighted by molar-refractivity contribution is -0.144. The number of nitrogens with one attached hydrogen (secondary N) is 1. The van der Waals surface area contributed by atoms with Gasteiger partial charge in [0.05, 0.1) is 13.2 Å². The van der Waals surface area contributed by atoms with Crippen LogP contribution in [0.3, 0.4) is 0 Å². The largest absolute Gasteiger partial charge is 0.465 e. The quantitative estimate of drug-likeness (QED) is 0.613. The normalized spacial score (nSPS) is 10.2. The Hall–Kier alpha value is -1.10. The standard InChI is InChI=1S/C11H22N2O3/c1-4-7-13(8-6-12-10(3)14)9-11(15)16-5-2/h4-9H2,1-3H3,(H,12,14). The first-order valence-corrected chi connectivity index (χ1v) is 5.72. The van der Waals surface area contributed by atoms with Crippen LogP contribution in [0.5, 0.6) is 0 Å². The van der Waals surface area contributed by atoms with Gasteiger partial charge in [-0.1, -0.05) is 6.92 Å². The fourth-order valence-electron chi connectivity index (χ4n) is 1.37. The second-order valence-corrected chi connectivity index (χ2v) is 3.56. The summed E-state index contributed by atoms with van der Waals surface area (Å²) in [6.45, 7) is 8.09. The molecule has 0 aliphatic rings. The summed E-state index contributed by atoms with van der Waals surface area (Å²) >= 11 is 0. The van der Waals surface area contributed by atoms with Crippen molar-refractivity contribution in [1.82, 2.24) is 10.2 Å². The van der Waals surface area contributed by atoms with Gasteiger partial charge in [0, 0.05) is 20.0 Å². The lowest BCUT2D eigenvalue weighted by atomic mass is 10.4. The molecular formula is C11H22N2O3. The molecule has 0 aliphatic carbocycles. The fraction of sp³-hybridized carbons (Fsp3) is 0.818. The van der Waals surface area contributed by atoms with Gasteiger partial charge in [-0.2, -0.15) is 0 Å². The minimum Gasteiger partial charge on any atom is -0.465 e. The highest BCUT2D eigenvalue weighted by atomic mass is 16.5. The third-order valence-electron chi connectivity index (χ3n) is 2.00. The molecule has 1 amide bonds. The zero-order valence-electron chi connectivity index (χ0n) is 10.4. The molecule has 0 aliphatic heterocycles. The van der Waals surface area contributed by atoms with E-state index in [4.69, 9.17) is 4.74 Å². The Bertz CT molecular complexity index is 219. The zero-order chi connectivity index (χ0) is 12.4. The molecule has 0 atom stereocenters. The van der Waals surface area contributed by atoms with E-state index in [1.807, 2.05) is 4.90 Å². The molecule has 0 unspecified atom stereocenters. The second-order valence-electron chi connectivity index (χ2n) is 3.56. The first-order valence-electron chi connectivity index (χ1n) is 5.72. The van der Waals surface area contributed by atoms with Gasteiger partial charge in [-0.15, -0.1) is 0 Å². The fourth-order valence-corrected chi connectivity index (χ4v) is 1.37. The maximum atomic E-state index is 11.3. The van der Waals surface area contributed by atoms with Crippen molar-refractivity contribution in [2.45, 2.75) is 27.2 Å². The molecule has 0 heterocycles. The molecule has 0 rings (SSSR count). The number of nitrogens with zero attached hydrogens (tertiary/aromatic N) is 1. The van der Waals surface area contributed by atoms with E-state index in [0.29, 0.717) is 26.2 Å². The van der Waals surface area contributed by atoms with Crippen molar-refractivity contribution in [3.63, 3.8) is 0 Å². The van der Waals surface area contributed by atoms with Crippen molar-refractivity contribution in [2.24, 2.45) is 0 Å². The monoisotopic (exact) mass is 230 g/mol. The van der Waals surface area contributed by atoms with Gasteiger partial charge >= 0.3 is 5.97 Å². The maximum Gasteiger partial charge on any atom is 0.320 e. The predicted molar refractivity (Wildman–Crippen MR) is 62.0 cm³/mol. The van der Waals surface area contributed by atoms with E-state index in [0.717, 1.165) is 13.0 Å². The average molecular weight is 230 g/mol. The number of hydrogen-bond acceptors (Lipinski definition) is 4. The average Bonchev–Trinajstić information content (AvgIpc) is 2.17. The van der Waals surface area contributed by atoms with Crippen molar-refractivity contribution in [2.75, 3.05) is 32.8 Å². The Morgan fingerprint density at radius 1 is 1.25 bits per heavy atom. The molecule has 0 radical (unpaired) electrons. The van der Waals surface area contributed by atoms with Gasteiger partial charge in [-0.3, -0.25) is 14.5 Å². The summed E-state index contributed by atoms with van der Waals surface area (Å²) in [7, 11) is 0. The summed E-state index contributed by atoms with van der Waals surface area (Å²) in [5, 5.41) is 2.71. The highest BCUT2D eigenvalue weighted by Gasteiger charge is 2.10. The Kier molecular flexibility index (Phi) is 8.52. The molecule has 0 aromatic carbocycles. The molecule has 0 bridgehead atoms. The van der Waals surface area contributed by atoms with Crippen LogP contribution < -0.4 is 5.32 Å². The van der Waals surface area contributed by atoms with E-state index < -0.39 is 0 Å². The number of ether oxygens (including phenoxy) is 1. The SMILES string of the molecule is CCCN(CCNC(C)=O)CC(=O)OCC. The molecule has 0 aromatic rings. The Morgan fingerprint density at radius 3 is 2.44 bits per heavy atom. The Labute approximate surface area is 97.1 Å². The maximum absolute atomic E-state index is 11.3. The first-order chi connectivity index (χ1) is 7.60. The molecule has 0 spiro atoms. The molecule has 0 aromatic heterocycles. The highest BCUT2D eigenvalue weighted by Crippen LogP contribution is 1.92. The second kappa shape index (κ2) is 9.15. The third kappa shape index (κ3) is 8.23. The molecule has 16 heavy (non-hydrogen) atoms. The number of carbonyl (C=O) groups is 2. The number of hydrogen-bond donors (Lipinski definition) is 1. The van der Waals surface area contributed by atoms with Crippen LogP contribution in [0.15, 0.2) is 0 Å². The van der Waals surface area contributed by atoms with Crippen LogP contribution in [0.2, 0.25) is 0 Å². The van der Waals surface area contributed by atoms with Gasteiger partial charge in [0.1, 0.15) is 0 Å². The number of rotatable bonds is 8. The van der Waals surface area contributed by atoms with Gasteiger partial charge in [-0.25, -0.2) is 0 Å². The van der Waals surface area contributed by atoms with E-state index in [2.05, 4.69) is 12.2 Å². The minimum absolute atomic E-state index is 0.0485. The summed E-state index contributed by atoms with van der Waals surface area (Å²) in [5.74, 6) is -0.258. The highest BCUT2D eigenvalue weighted by molar-refractivity contribution is 5.73. The lowest BCUT2D eigenvalue weighted by Crippen LogP contribution is -2.38. The van der Waals surface area contributed by atoms with Crippen LogP contribution in [0.25, 0.3) is 0 Å². The number of esters is 1. The van der Waals surface area contributed by atoms with Crippen LogP contribution >= 0.6 is 0 Å². The zero-order valence-corrected chi connectivity index (χ0v) is 10.4. The van der Waals surface area contributed by atoms with Gasteiger partial charge in [0.2, 0.25) is 5.91 Å². The van der Waals surface area contributed by atoms with E-state index in [1.54, 1.807) is 6.92 Å². The molecule has 0 fully saturated rings. The Morgan fingerprint density at radius 2 is 1.94 bits per heavy atom. The van der Waals surface area contributed by atoms with Crippen molar-refractivity contribution < 1.29 is 14.3 Å². The van der Waals surface area contributed by atoms with Gasteiger partial charge in [0.25, 0.3) is 0 Å². The van der Waals surface area contributed by atoms with E-state index in [-0.39, 0.29) is 11.9 Å². The Balaban J connectivity index is 3.86. The van der Waals surface area contributed by atoms with Crippen LogP contribution in [0.1, 0.15) is 27.2 Å². The summed E-state index contributed by atoms with van der Waals surface area (Å²) in [6, 6.07) is 0. The van der Waals surface area contributed by atoms with Crippen LogP contribution in [0, 0.1) is 0 Å².